The lowest BCUT2D eigenvalue weighted by Gasteiger charge is -2.31. The first-order chi connectivity index (χ1) is 9.24. The molecule has 19 heavy (non-hydrogen) atoms. The van der Waals surface area contributed by atoms with Gasteiger partial charge in [-0.25, -0.2) is 0 Å². The quantitative estimate of drug-likeness (QED) is 0.392. The van der Waals surface area contributed by atoms with Crippen LogP contribution in [0.15, 0.2) is 0 Å². The van der Waals surface area contributed by atoms with Gasteiger partial charge >= 0.3 is 0 Å². The van der Waals surface area contributed by atoms with E-state index in [9.17, 15) is 0 Å². The van der Waals surface area contributed by atoms with E-state index in [1.54, 1.807) is 7.11 Å². The van der Waals surface area contributed by atoms with Crippen molar-refractivity contribution in [2.45, 2.75) is 46.0 Å². The predicted octanol–water partition coefficient (Wildman–Crippen LogP) is 3.57. The van der Waals surface area contributed by atoms with Crippen LogP contribution in [0, 0.1) is 5.41 Å². The van der Waals surface area contributed by atoms with Crippen molar-refractivity contribution in [2.24, 2.45) is 5.41 Å². The van der Waals surface area contributed by atoms with Crippen LogP contribution in [0.3, 0.4) is 0 Å². The second-order valence-corrected chi connectivity index (χ2v) is 5.49. The molecule has 0 aromatic rings. The van der Waals surface area contributed by atoms with E-state index in [0.717, 1.165) is 32.0 Å². The van der Waals surface area contributed by atoms with Crippen molar-refractivity contribution >= 4 is 12.6 Å². The highest BCUT2D eigenvalue weighted by molar-refractivity contribution is 7.80. The molecule has 0 aromatic carbocycles. The zero-order chi connectivity index (χ0) is 14.4. The number of thiol groups is 1. The summed E-state index contributed by atoms with van der Waals surface area (Å²) < 4.78 is 16.2. The van der Waals surface area contributed by atoms with Crippen LogP contribution in [0.4, 0.5) is 0 Å². The fourth-order valence-electron chi connectivity index (χ4n) is 2.33. The average molecular weight is 292 g/mol. The smallest absolute Gasteiger partial charge is 0.0700 e. The topological polar surface area (TPSA) is 27.7 Å². The second-order valence-electron chi connectivity index (χ2n) is 5.17. The van der Waals surface area contributed by atoms with Crippen molar-refractivity contribution < 1.29 is 14.2 Å². The first kappa shape index (κ1) is 19.2. The standard InChI is InChI=1S/C15H32O3S/c1-4-7-15(14-19,8-5-2)13-18-10-6-9-17-12-11-16-3/h19H,4-14H2,1-3H3. The first-order valence-electron chi connectivity index (χ1n) is 7.50. The molecule has 0 rings (SSSR count). The molecule has 0 saturated heterocycles. The molecule has 0 aliphatic rings. The highest BCUT2D eigenvalue weighted by Gasteiger charge is 2.26. The Morgan fingerprint density at radius 1 is 0.895 bits per heavy atom. The van der Waals surface area contributed by atoms with Crippen molar-refractivity contribution in [1.82, 2.24) is 0 Å². The number of hydrogen-bond acceptors (Lipinski definition) is 4. The number of ether oxygens (including phenoxy) is 3. The summed E-state index contributed by atoms with van der Waals surface area (Å²) in [6, 6.07) is 0. The highest BCUT2D eigenvalue weighted by Crippen LogP contribution is 2.31. The minimum atomic E-state index is 0.267. The normalized spacial score (nSPS) is 12.0. The molecule has 0 spiro atoms. The van der Waals surface area contributed by atoms with E-state index in [1.165, 1.54) is 25.7 Å². The fourth-order valence-corrected chi connectivity index (χ4v) is 2.74. The highest BCUT2D eigenvalue weighted by atomic mass is 32.1. The van der Waals surface area contributed by atoms with Gasteiger partial charge in [0, 0.05) is 25.7 Å². The van der Waals surface area contributed by atoms with Crippen LogP contribution in [0.1, 0.15) is 46.0 Å². The van der Waals surface area contributed by atoms with E-state index in [0.29, 0.717) is 13.2 Å². The van der Waals surface area contributed by atoms with Gasteiger partial charge in [-0.05, 0) is 25.0 Å². The van der Waals surface area contributed by atoms with E-state index < -0.39 is 0 Å². The molecule has 0 aromatic heterocycles. The van der Waals surface area contributed by atoms with Gasteiger partial charge in [0.15, 0.2) is 0 Å². The third-order valence-electron chi connectivity index (χ3n) is 3.31. The largest absolute Gasteiger partial charge is 0.382 e. The molecule has 0 aliphatic heterocycles. The Labute approximate surface area is 124 Å². The third kappa shape index (κ3) is 9.72. The molecule has 0 radical (unpaired) electrons. The summed E-state index contributed by atoms with van der Waals surface area (Å²) in [7, 11) is 1.69. The van der Waals surface area contributed by atoms with E-state index in [1.807, 2.05) is 0 Å². The summed E-state index contributed by atoms with van der Waals surface area (Å²) in [6.07, 6.45) is 5.75. The van der Waals surface area contributed by atoms with Crippen molar-refractivity contribution in [3.8, 4) is 0 Å². The molecule has 0 fully saturated rings. The molecule has 0 bridgehead atoms. The Kier molecular flexibility index (Phi) is 13.4. The average Bonchev–Trinajstić information content (AvgIpc) is 2.42. The van der Waals surface area contributed by atoms with E-state index in [-0.39, 0.29) is 5.41 Å². The summed E-state index contributed by atoms with van der Waals surface area (Å²) in [5.74, 6) is 0.916. The minimum absolute atomic E-state index is 0.267. The zero-order valence-corrected chi connectivity index (χ0v) is 13.8. The Hall–Kier alpha value is 0.230. The van der Waals surface area contributed by atoms with Gasteiger partial charge in [0.1, 0.15) is 0 Å². The molecule has 0 atom stereocenters. The molecule has 0 aliphatic carbocycles. The molecule has 0 unspecified atom stereocenters. The molecular weight excluding hydrogens is 260 g/mol. The van der Waals surface area contributed by atoms with Crippen LogP contribution in [-0.2, 0) is 14.2 Å². The van der Waals surface area contributed by atoms with Gasteiger partial charge in [-0.15, -0.1) is 0 Å². The molecule has 0 amide bonds. The van der Waals surface area contributed by atoms with Crippen molar-refractivity contribution in [3.05, 3.63) is 0 Å². The van der Waals surface area contributed by atoms with Gasteiger partial charge in [-0.2, -0.15) is 12.6 Å². The fraction of sp³-hybridized carbons (Fsp3) is 1.00. The lowest BCUT2D eigenvalue weighted by molar-refractivity contribution is 0.0220. The lowest BCUT2D eigenvalue weighted by atomic mass is 9.82. The van der Waals surface area contributed by atoms with Gasteiger partial charge in [0.2, 0.25) is 0 Å². The Morgan fingerprint density at radius 3 is 2.05 bits per heavy atom. The summed E-state index contributed by atoms with van der Waals surface area (Å²) in [6.45, 7) is 8.15. The van der Waals surface area contributed by atoms with Gasteiger partial charge in [-0.1, -0.05) is 26.7 Å². The van der Waals surface area contributed by atoms with Crippen LogP contribution >= 0.6 is 12.6 Å². The van der Waals surface area contributed by atoms with Gasteiger partial charge in [-0.3, -0.25) is 0 Å². The second kappa shape index (κ2) is 13.2. The van der Waals surface area contributed by atoms with E-state index >= 15 is 0 Å². The van der Waals surface area contributed by atoms with Gasteiger partial charge < -0.3 is 14.2 Å². The molecule has 3 nitrogen and oxygen atoms in total. The summed E-state index contributed by atoms with van der Waals surface area (Å²) in [5.41, 5.74) is 0.267. The van der Waals surface area contributed by atoms with Crippen LogP contribution in [0.2, 0.25) is 0 Å². The molecule has 0 N–H and O–H groups in total. The minimum Gasteiger partial charge on any atom is -0.382 e. The SMILES string of the molecule is CCCC(CS)(CCC)COCCCOCCOC. The maximum absolute atomic E-state index is 5.84. The maximum atomic E-state index is 5.84. The van der Waals surface area contributed by atoms with Gasteiger partial charge in [0.25, 0.3) is 0 Å². The Balaban J connectivity index is 3.68. The van der Waals surface area contributed by atoms with Crippen LogP contribution in [-0.4, -0.2) is 45.9 Å². The Bertz CT molecular complexity index is 182. The molecule has 116 valence electrons. The summed E-state index contributed by atoms with van der Waals surface area (Å²) >= 11 is 4.53. The van der Waals surface area contributed by atoms with Crippen LogP contribution < -0.4 is 0 Å². The lowest BCUT2D eigenvalue weighted by Crippen LogP contribution is -2.29. The van der Waals surface area contributed by atoms with Crippen LogP contribution in [0.5, 0.6) is 0 Å². The summed E-state index contributed by atoms with van der Waals surface area (Å²) in [5, 5.41) is 0. The maximum Gasteiger partial charge on any atom is 0.0700 e. The molecular formula is C15H32O3S. The molecule has 4 heteroatoms. The Morgan fingerprint density at radius 2 is 1.53 bits per heavy atom. The molecule has 0 heterocycles. The van der Waals surface area contributed by atoms with Crippen molar-refractivity contribution in [2.75, 3.05) is 45.9 Å². The number of hydrogen-bond donors (Lipinski definition) is 1. The number of rotatable bonds is 14. The monoisotopic (exact) mass is 292 g/mol. The van der Waals surface area contributed by atoms with Crippen molar-refractivity contribution in [1.29, 1.82) is 0 Å². The predicted molar refractivity (Wildman–Crippen MR) is 84.2 cm³/mol. The van der Waals surface area contributed by atoms with Crippen LogP contribution in [0.25, 0.3) is 0 Å². The van der Waals surface area contributed by atoms with Crippen molar-refractivity contribution in [3.63, 3.8) is 0 Å². The third-order valence-corrected chi connectivity index (χ3v) is 3.98. The summed E-state index contributed by atoms with van der Waals surface area (Å²) in [4.78, 5) is 0. The zero-order valence-electron chi connectivity index (χ0n) is 13.0. The van der Waals surface area contributed by atoms with E-state index in [2.05, 4.69) is 26.5 Å². The van der Waals surface area contributed by atoms with E-state index in [4.69, 9.17) is 14.2 Å². The first-order valence-corrected chi connectivity index (χ1v) is 8.13. The number of methoxy groups -OCH3 is 1. The van der Waals surface area contributed by atoms with Gasteiger partial charge in [0.05, 0.1) is 19.8 Å². The molecule has 0 saturated carbocycles.